The second kappa shape index (κ2) is 8.18. The molecular weight excluding hydrogens is 457 g/mol. The largest absolute Gasteiger partial charge is 0.480 e. The molecule has 0 bridgehead atoms. The molecule has 25 heavy (non-hydrogen) atoms. The van der Waals surface area contributed by atoms with Gasteiger partial charge in [0.1, 0.15) is 5.52 Å². The number of carbonyl (C=O) groups is 2. The predicted molar refractivity (Wildman–Crippen MR) is 104 cm³/mol. The van der Waals surface area contributed by atoms with E-state index in [1.807, 2.05) is 6.07 Å². The molecule has 1 aliphatic rings. The monoisotopic (exact) mass is 473 g/mol. The van der Waals surface area contributed by atoms with Gasteiger partial charge in [0.2, 0.25) is 0 Å². The van der Waals surface area contributed by atoms with Crippen LogP contribution in [0.4, 0.5) is 4.79 Å². The second-order valence-corrected chi connectivity index (χ2v) is 7.43. The van der Waals surface area contributed by atoms with Gasteiger partial charge in [0.25, 0.3) is 5.91 Å². The van der Waals surface area contributed by atoms with Gasteiger partial charge in [-0.1, -0.05) is 24.4 Å². The number of nitrogens with one attached hydrogen (secondary N) is 2. The molecule has 3 amide bonds. The van der Waals surface area contributed by atoms with Crippen LogP contribution in [-0.2, 0) is 4.79 Å². The Kier molecular flexibility index (Phi) is 5.95. The highest BCUT2D eigenvalue weighted by Gasteiger charge is 2.19. The van der Waals surface area contributed by atoms with Crippen LogP contribution in [0.25, 0.3) is 10.9 Å². The summed E-state index contributed by atoms with van der Waals surface area (Å²) in [5, 5.41) is 6.41. The molecule has 0 atom stereocenters. The van der Waals surface area contributed by atoms with Crippen molar-refractivity contribution in [3.8, 4) is 5.75 Å². The van der Waals surface area contributed by atoms with Gasteiger partial charge < -0.3 is 10.1 Å². The fraction of sp³-hybridized carbons (Fsp3) is 0.353. The number of pyridine rings is 1. The minimum absolute atomic E-state index is 0.152. The molecule has 1 fully saturated rings. The Balaban J connectivity index is 1.62. The van der Waals surface area contributed by atoms with Crippen LogP contribution in [0.5, 0.6) is 5.75 Å². The van der Waals surface area contributed by atoms with E-state index >= 15 is 0 Å². The fourth-order valence-corrected chi connectivity index (χ4v) is 4.04. The minimum Gasteiger partial charge on any atom is -0.480 e. The molecule has 2 N–H and O–H groups in total. The molecule has 132 valence electrons. The van der Waals surface area contributed by atoms with Crippen LogP contribution in [0.3, 0.4) is 0 Å². The third-order valence-electron chi connectivity index (χ3n) is 4.04. The van der Waals surface area contributed by atoms with Crippen LogP contribution in [0.1, 0.15) is 25.7 Å². The summed E-state index contributed by atoms with van der Waals surface area (Å²) in [6.45, 7) is -0.276. The van der Waals surface area contributed by atoms with Crippen molar-refractivity contribution in [3.05, 3.63) is 33.0 Å². The SMILES string of the molecule is O=C(COc1c(I)cc(Cl)c2cccnc12)NC(=O)NC1CCCC1. The number of halogens is 2. The third-order valence-corrected chi connectivity index (χ3v) is 5.16. The van der Waals surface area contributed by atoms with Crippen molar-refractivity contribution >= 4 is 57.0 Å². The van der Waals surface area contributed by atoms with Crippen molar-refractivity contribution in [1.82, 2.24) is 15.6 Å². The number of hydrogen-bond acceptors (Lipinski definition) is 4. The molecule has 2 aromatic rings. The molecule has 1 heterocycles. The van der Waals surface area contributed by atoms with Crippen LogP contribution in [0.15, 0.2) is 24.4 Å². The molecule has 0 saturated heterocycles. The van der Waals surface area contributed by atoms with Crippen molar-refractivity contribution < 1.29 is 14.3 Å². The summed E-state index contributed by atoms with van der Waals surface area (Å²) in [4.78, 5) is 28.1. The van der Waals surface area contributed by atoms with Gasteiger partial charge in [0.15, 0.2) is 12.4 Å². The van der Waals surface area contributed by atoms with E-state index in [9.17, 15) is 9.59 Å². The highest BCUT2D eigenvalue weighted by Crippen LogP contribution is 2.34. The number of fused-ring (bicyclic) bond motifs is 1. The Hall–Kier alpha value is -1.61. The summed E-state index contributed by atoms with van der Waals surface area (Å²) in [5.74, 6) is -0.0303. The first-order valence-electron chi connectivity index (χ1n) is 8.00. The lowest BCUT2D eigenvalue weighted by molar-refractivity contribution is -0.122. The first-order chi connectivity index (χ1) is 12.0. The van der Waals surface area contributed by atoms with E-state index in [4.69, 9.17) is 16.3 Å². The Morgan fingerprint density at radius 1 is 1.36 bits per heavy atom. The van der Waals surface area contributed by atoms with Gasteiger partial charge in [-0.25, -0.2) is 4.79 Å². The fourth-order valence-electron chi connectivity index (χ4n) is 2.88. The second-order valence-electron chi connectivity index (χ2n) is 5.86. The molecule has 1 aromatic carbocycles. The Morgan fingerprint density at radius 3 is 2.88 bits per heavy atom. The van der Waals surface area contributed by atoms with Crippen molar-refractivity contribution in [2.24, 2.45) is 0 Å². The van der Waals surface area contributed by atoms with E-state index in [1.54, 1.807) is 18.3 Å². The average Bonchev–Trinajstić information content (AvgIpc) is 3.07. The maximum atomic E-state index is 12.0. The number of benzene rings is 1. The van der Waals surface area contributed by atoms with E-state index in [1.165, 1.54) is 0 Å². The molecule has 3 rings (SSSR count). The molecule has 1 aliphatic carbocycles. The van der Waals surface area contributed by atoms with Crippen LogP contribution in [0, 0.1) is 3.57 Å². The Morgan fingerprint density at radius 2 is 2.12 bits per heavy atom. The first-order valence-corrected chi connectivity index (χ1v) is 9.46. The lowest BCUT2D eigenvalue weighted by atomic mass is 10.2. The van der Waals surface area contributed by atoms with E-state index in [2.05, 4.69) is 38.2 Å². The predicted octanol–water partition coefficient (Wildman–Crippen LogP) is 3.64. The zero-order valence-electron chi connectivity index (χ0n) is 13.4. The molecular formula is C17H17ClIN3O3. The standard InChI is InChI=1S/C17H17ClIN3O3/c18-12-8-13(19)16(15-11(12)6-3-7-20-15)25-9-14(23)22-17(24)21-10-4-1-2-5-10/h3,6-8,10H,1-2,4-5,9H2,(H2,21,22,23,24). The zero-order valence-corrected chi connectivity index (χ0v) is 16.3. The third kappa shape index (κ3) is 4.52. The summed E-state index contributed by atoms with van der Waals surface area (Å²) in [5.41, 5.74) is 0.586. The molecule has 0 aliphatic heterocycles. The van der Waals surface area contributed by atoms with Crippen LogP contribution in [-0.4, -0.2) is 29.6 Å². The molecule has 6 nitrogen and oxygen atoms in total. The first kappa shape index (κ1) is 18.2. The summed E-state index contributed by atoms with van der Waals surface area (Å²) in [7, 11) is 0. The highest BCUT2D eigenvalue weighted by atomic mass is 127. The number of rotatable bonds is 4. The van der Waals surface area contributed by atoms with Crippen molar-refractivity contribution in [2.75, 3.05) is 6.61 Å². The number of amides is 3. The van der Waals surface area contributed by atoms with Crippen LogP contribution < -0.4 is 15.4 Å². The van der Waals surface area contributed by atoms with Gasteiger partial charge in [0.05, 0.1) is 8.59 Å². The molecule has 0 spiro atoms. The van der Waals surface area contributed by atoms with Crippen LogP contribution in [0.2, 0.25) is 5.02 Å². The summed E-state index contributed by atoms with van der Waals surface area (Å²) < 4.78 is 6.36. The summed E-state index contributed by atoms with van der Waals surface area (Å²) >= 11 is 8.29. The number of hydrogen-bond donors (Lipinski definition) is 2. The number of nitrogens with zero attached hydrogens (tertiary/aromatic N) is 1. The van der Waals surface area contributed by atoms with E-state index < -0.39 is 11.9 Å². The summed E-state index contributed by atoms with van der Waals surface area (Å²) in [6.07, 6.45) is 5.77. The lowest BCUT2D eigenvalue weighted by Crippen LogP contribution is -2.45. The minimum atomic E-state index is -0.509. The number of aromatic nitrogens is 1. The van der Waals surface area contributed by atoms with Crippen LogP contribution >= 0.6 is 34.2 Å². The Bertz CT molecular complexity index is 809. The smallest absolute Gasteiger partial charge is 0.321 e. The van der Waals surface area contributed by atoms with Crippen molar-refractivity contribution in [1.29, 1.82) is 0 Å². The van der Waals surface area contributed by atoms with Gasteiger partial charge >= 0.3 is 6.03 Å². The molecule has 8 heteroatoms. The normalized spacial score (nSPS) is 14.5. The lowest BCUT2D eigenvalue weighted by Gasteiger charge is -2.14. The van der Waals surface area contributed by atoms with Gasteiger partial charge in [-0.2, -0.15) is 0 Å². The maximum absolute atomic E-state index is 12.0. The summed E-state index contributed by atoms with van der Waals surface area (Å²) in [6, 6.07) is 5.05. The molecule has 1 saturated carbocycles. The van der Waals surface area contributed by atoms with Crippen molar-refractivity contribution in [2.45, 2.75) is 31.7 Å². The van der Waals surface area contributed by atoms with Gasteiger partial charge in [-0.05, 0) is 53.6 Å². The quantitative estimate of drug-likeness (QED) is 0.665. The Labute approximate surface area is 163 Å². The van der Waals surface area contributed by atoms with Gasteiger partial charge in [-0.15, -0.1) is 0 Å². The number of urea groups is 1. The number of carbonyl (C=O) groups excluding carboxylic acids is 2. The zero-order chi connectivity index (χ0) is 17.8. The topological polar surface area (TPSA) is 80.3 Å². The maximum Gasteiger partial charge on any atom is 0.321 e. The van der Waals surface area contributed by atoms with E-state index in [-0.39, 0.29) is 12.6 Å². The number of ether oxygens (including phenoxy) is 1. The molecule has 0 radical (unpaired) electrons. The highest BCUT2D eigenvalue weighted by molar-refractivity contribution is 14.1. The molecule has 0 unspecified atom stereocenters. The molecule has 1 aromatic heterocycles. The van der Waals surface area contributed by atoms with E-state index in [0.717, 1.165) is 34.6 Å². The average molecular weight is 474 g/mol. The van der Waals surface area contributed by atoms with Gasteiger partial charge in [-0.3, -0.25) is 15.1 Å². The van der Waals surface area contributed by atoms with Gasteiger partial charge in [0, 0.05) is 17.6 Å². The van der Waals surface area contributed by atoms with Crippen molar-refractivity contribution in [3.63, 3.8) is 0 Å². The number of imide groups is 1. The van der Waals surface area contributed by atoms with E-state index in [0.29, 0.717) is 16.3 Å².